The van der Waals surface area contributed by atoms with E-state index in [1.165, 1.54) is 6.07 Å². The normalized spacial score (nSPS) is 9.75. The standard InChI is InChI=1S/C7H6FNO3/c8-6-3-5(4-9(11)12)1-2-7(6)10/h1-3,10H,4H2. The Kier molecular flexibility index (Phi) is 2.23. The van der Waals surface area contributed by atoms with Crippen LogP contribution in [0.1, 0.15) is 5.56 Å². The summed E-state index contributed by atoms with van der Waals surface area (Å²) >= 11 is 0. The number of nitro groups is 1. The van der Waals surface area contributed by atoms with Crippen LogP contribution in [0.5, 0.6) is 5.75 Å². The van der Waals surface area contributed by atoms with Crippen molar-refractivity contribution in [2.45, 2.75) is 6.54 Å². The molecule has 1 rings (SSSR count). The van der Waals surface area contributed by atoms with Crippen molar-refractivity contribution in [3.05, 3.63) is 39.7 Å². The number of aromatic hydroxyl groups is 1. The monoisotopic (exact) mass is 171 g/mol. The third-order valence-corrected chi connectivity index (χ3v) is 1.32. The lowest BCUT2D eigenvalue weighted by Crippen LogP contribution is -1.98. The minimum absolute atomic E-state index is 0.232. The highest BCUT2D eigenvalue weighted by Crippen LogP contribution is 2.16. The van der Waals surface area contributed by atoms with Gasteiger partial charge in [0.2, 0.25) is 6.54 Å². The fraction of sp³-hybridized carbons (Fsp3) is 0.143. The maximum absolute atomic E-state index is 12.6. The Morgan fingerprint density at radius 2 is 2.25 bits per heavy atom. The second-order valence-corrected chi connectivity index (χ2v) is 2.28. The summed E-state index contributed by atoms with van der Waals surface area (Å²) in [6.45, 7) is -0.433. The SMILES string of the molecule is O=[N+]([O-])Cc1ccc(O)c(F)c1. The number of benzene rings is 1. The lowest BCUT2D eigenvalue weighted by atomic mass is 10.2. The van der Waals surface area contributed by atoms with Crippen molar-refractivity contribution in [3.63, 3.8) is 0 Å². The van der Waals surface area contributed by atoms with Crippen LogP contribution in [-0.4, -0.2) is 10.0 Å². The first-order chi connectivity index (χ1) is 5.59. The molecule has 4 nitrogen and oxygen atoms in total. The summed E-state index contributed by atoms with van der Waals surface area (Å²) in [5.41, 5.74) is 0.232. The first-order valence-electron chi connectivity index (χ1n) is 3.19. The first-order valence-corrected chi connectivity index (χ1v) is 3.19. The molecule has 1 N–H and O–H groups in total. The topological polar surface area (TPSA) is 63.4 Å². The van der Waals surface area contributed by atoms with Crippen LogP contribution in [0.15, 0.2) is 18.2 Å². The van der Waals surface area contributed by atoms with Gasteiger partial charge in [-0.2, -0.15) is 0 Å². The molecule has 0 aliphatic rings. The number of hydrogen-bond acceptors (Lipinski definition) is 3. The minimum atomic E-state index is -0.839. The molecule has 5 heteroatoms. The van der Waals surface area contributed by atoms with Crippen molar-refractivity contribution in [2.24, 2.45) is 0 Å². The molecule has 64 valence electrons. The van der Waals surface area contributed by atoms with E-state index in [1.807, 2.05) is 0 Å². The molecule has 12 heavy (non-hydrogen) atoms. The lowest BCUT2D eigenvalue weighted by molar-refractivity contribution is -0.496. The highest BCUT2D eigenvalue weighted by Gasteiger charge is 2.05. The van der Waals surface area contributed by atoms with E-state index in [2.05, 4.69) is 0 Å². The molecule has 0 aliphatic carbocycles. The Labute approximate surface area is 67.4 Å². The summed E-state index contributed by atoms with van der Waals surface area (Å²) in [5, 5.41) is 18.7. The van der Waals surface area contributed by atoms with Gasteiger partial charge in [-0.15, -0.1) is 0 Å². The number of halogens is 1. The van der Waals surface area contributed by atoms with Crippen molar-refractivity contribution in [3.8, 4) is 5.75 Å². The summed E-state index contributed by atoms with van der Waals surface area (Å²) in [6, 6.07) is 3.34. The van der Waals surface area contributed by atoms with Crippen LogP contribution < -0.4 is 0 Å². The zero-order chi connectivity index (χ0) is 9.14. The molecule has 0 radical (unpaired) electrons. The molecule has 1 aromatic carbocycles. The number of hydrogen-bond donors (Lipinski definition) is 1. The number of phenolic OH excluding ortho intramolecular Hbond substituents is 1. The number of rotatable bonds is 2. The number of nitrogens with zero attached hydrogens (tertiary/aromatic N) is 1. The predicted molar refractivity (Wildman–Crippen MR) is 38.8 cm³/mol. The van der Waals surface area contributed by atoms with Crippen LogP contribution in [0.2, 0.25) is 0 Å². The summed E-state index contributed by atoms with van der Waals surface area (Å²) in [7, 11) is 0. The average molecular weight is 171 g/mol. The van der Waals surface area contributed by atoms with Crippen molar-refractivity contribution >= 4 is 0 Å². The van der Waals surface area contributed by atoms with Gasteiger partial charge in [-0.05, 0) is 18.2 Å². The Hall–Kier alpha value is -1.65. The second-order valence-electron chi connectivity index (χ2n) is 2.28. The van der Waals surface area contributed by atoms with E-state index in [-0.39, 0.29) is 5.56 Å². The molecule has 0 unspecified atom stereocenters. The molecule has 0 heterocycles. The van der Waals surface area contributed by atoms with E-state index in [0.29, 0.717) is 0 Å². The fourth-order valence-corrected chi connectivity index (χ4v) is 0.798. The van der Waals surface area contributed by atoms with E-state index < -0.39 is 23.0 Å². The van der Waals surface area contributed by atoms with Gasteiger partial charge in [0.15, 0.2) is 11.6 Å². The number of phenols is 1. The van der Waals surface area contributed by atoms with Crippen molar-refractivity contribution in [2.75, 3.05) is 0 Å². The summed E-state index contributed by atoms with van der Waals surface area (Å²) in [5.74, 6) is -1.34. The highest BCUT2D eigenvalue weighted by atomic mass is 19.1. The molecular weight excluding hydrogens is 165 g/mol. The third kappa shape index (κ3) is 1.91. The van der Waals surface area contributed by atoms with Crippen LogP contribution >= 0.6 is 0 Å². The van der Waals surface area contributed by atoms with Crippen LogP contribution in [0, 0.1) is 15.9 Å². The zero-order valence-electron chi connectivity index (χ0n) is 6.03. The highest BCUT2D eigenvalue weighted by molar-refractivity contribution is 5.27. The van der Waals surface area contributed by atoms with Gasteiger partial charge in [-0.25, -0.2) is 4.39 Å². The van der Waals surface area contributed by atoms with Gasteiger partial charge in [-0.1, -0.05) is 0 Å². The molecule has 0 amide bonds. The molecule has 0 saturated carbocycles. The summed E-state index contributed by atoms with van der Waals surface area (Å²) < 4.78 is 12.6. The quantitative estimate of drug-likeness (QED) is 0.539. The molecule has 0 aliphatic heterocycles. The maximum Gasteiger partial charge on any atom is 0.229 e. The molecule has 0 saturated heterocycles. The zero-order valence-corrected chi connectivity index (χ0v) is 6.03. The van der Waals surface area contributed by atoms with Crippen LogP contribution in [0.3, 0.4) is 0 Å². The van der Waals surface area contributed by atoms with Crippen LogP contribution in [0.4, 0.5) is 4.39 Å². The molecule has 1 aromatic rings. The first kappa shape index (κ1) is 8.45. The molecule has 0 spiro atoms. The predicted octanol–water partition coefficient (Wildman–Crippen LogP) is 1.31. The Bertz CT molecular complexity index is 314. The second kappa shape index (κ2) is 3.17. The van der Waals surface area contributed by atoms with E-state index in [0.717, 1.165) is 12.1 Å². The van der Waals surface area contributed by atoms with Crippen molar-refractivity contribution in [1.82, 2.24) is 0 Å². The maximum atomic E-state index is 12.6. The van der Waals surface area contributed by atoms with Gasteiger partial charge >= 0.3 is 0 Å². The van der Waals surface area contributed by atoms with Gasteiger partial charge in [-0.3, -0.25) is 10.1 Å². The summed E-state index contributed by atoms with van der Waals surface area (Å²) in [4.78, 5) is 9.42. The third-order valence-electron chi connectivity index (χ3n) is 1.32. The Morgan fingerprint density at radius 1 is 1.58 bits per heavy atom. The average Bonchev–Trinajstić information content (AvgIpc) is 1.96. The minimum Gasteiger partial charge on any atom is -0.505 e. The van der Waals surface area contributed by atoms with E-state index >= 15 is 0 Å². The Balaban J connectivity index is 2.89. The lowest BCUT2D eigenvalue weighted by Gasteiger charge is -1.96. The smallest absolute Gasteiger partial charge is 0.229 e. The van der Waals surface area contributed by atoms with Gasteiger partial charge in [0.05, 0.1) is 0 Å². The summed E-state index contributed by atoms with van der Waals surface area (Å²) in [6.07, 6.45) is 0. The molecule has 0 bridgehead atoms. The Morgan fingerprint density at radius 3 is 2.75 bits per heavy atom. The van der Waals surface area contributed by atoms with E-state index in [9.17, 15) is 14.5 Å². The largest absolute Gasteiger partial charge is 0.505 e. The van der Waals surface area contributed by atoms with Gasteiger partial charge < -0.3 is 5.11 Å². The molecule has 0 aromatic heterocycles. The van der Waals surface area contributed by atoms with Gasteiger partial charge in [0.1, 0.15) is 0 Å². The fourth-order valence-electron chi connectivity index (χ4n) is 0.798. The molecule has 0 fully saturated rings. The van der Waals surface area contributed by atoms with E-state index in [4.69, 9.17) is 5.11 Å². The van der Waals surface area contributed by atoms with Gasteiger partial charge in [0.25, 0.3) is 0 Å². The van der Waals surface area contributed by atoms with Gasteiger partial charge in [0, 0.05) is 10.5 Å². The van der Waals surface area contributed by atoms with Crippen LogP contribution in [-0.2, 0) is 6.54 Å². The van der Waals surface area contributed by atoms with E-state index in [1.54, 1.807) is 0 Å². The molecular formula is C7H6FNO3. The van der Waals surface area contributed by atoms with Crippen LogP contribution in [0.25, 0.3) is 0 Å². The van der Waals surface area contributed by atoms with Crippen molar-refractivity contribution < 1.29 is 14.4 Å². The van der Waals surface area contributed by atoms with Crippen molar-refractivity contribution in [1.29, 1.82) is 0 Å². The molecule has 0 atom stereocenters.